The van der Waals surface area contributed by atoms with Crippen molar-refractivity contribution in [1.29, 1.82) is 5.26 Å². The lowest BCUT2D eigenvalue weighted by atomic mass is 9.65. The summed E-state index contributed by atoms with van der Waals surface area (Å²) in [6.45, 7) is 1.71. The van der Waals surface area contributed by atoms with Crippen molar-refractivity contribution in [2.45, 2.75) is 57.0 Å². The summed E-state index contributed by atoms with van der Waals surface area (Å²) in [5.74, 6) is 0. The third-order valence-corrected chi connectivity index (χ3v) is 4.72. The molecule has 0 spiro atoms. The van der Waals surface area contributed by atoms with Gasteiger partial charge in [-0.05, 0) is 39.3 Å². The van der Waals surface area contributed by atoms with Crippen LogP contribution < -0.4 is 0 Å². The van der Waals surface area contributed by atoms with Gasteiger partial charge < -0.3 is 10.0 Å². The Balaban J connectivity index is 2.23. The van der Waals surface area contributed by atoms with Gasteiger partial charge in [-0.15, -0.1) is 0 Å². The van der Waals surface area contributed by atoms with Crippen LogP contribution in [0.25, 0.3) is 0 Å². The summed E-state index contributed by atoms with van der Waals surface area (Å²) in [5, 5.41) is 20.6. The molecule has 1 aliphatic heterocycles. The second-order valence-electron chi connectivity index (χ2n) is 5.98. The van der Waals surface area contributed by atoms with Crippen molar-refractivity contribution in [3.05, 3.63) is 0 Å². The van der Waals surface area contributed by atoms with Gasteiger partial charge in [-0.25, -0.2) is 0 Å². The van der Waals surface area contributed by atoms with Gasteiger partial charge in [0.2, 0.25) is 0 Å². The normalized spacial score (nSPS) is 34.9. The lowest BCUT2D eigenvalue weighted by Crippen LogP contribution is -2.57. The highest BCUT2D eigenvalue weighted by atomic mass is 16.3. The van der Waals surface area contributed by atoms with E-state index < -0.39 is 11.0 Å². The lowest BCUT2D eigenvalue weighted by molar-refractivity contribution is -0.104. The number of nitriles is 1. The van der Waals surface area contributed by atoms with E-state index in [1.807, 2.05) is 7.05 Å². The standard InChI is InChI=1S/C14H24N2O/c1-16-10-6-9-14(17,12-16)13(11-15)7-4-2-3-5-8-13/h17H,2-10,12H2,1H3. The number of hydrogen-bond donors (Lipinski definition) is 1. The van der Waals surface area contributed by atoms with Crippen LogP contribution in [0.2, 0.25) is 0 Å². The fraction of sp³-hybridized carbons (Fsp3) is 0.929. The molecule has 1 saturated carbocycles. The molecule has 3 nitrogen and oxygen atoms in total. The van der Waals surface area contributed by atoms with Gasteiger partial charge in [0.25, 0.3) is 0 Å². The van der Waals surface area contributed by atoms with Crippen LogP contribution in [0.15, 0.2) is 0 Å². The van der Waals surface area contributed by atoms with E-state index in [1.54, 1.807) is 0 Å². The van der Waals surface area contributed by atoms with E-state index >= 15 is 0 Å². The summed E-state index contributed by atoms with van der Waals surface area (Å²) >= 11 is 0. The van der Waals surface area contributed by atoms with E-state index in [4.69, 9.17) is 0 Å². The Kier molecular flexibility index (Phi) is 3.75. The zero-order valence-electron chi connectivity index (χ0n) is 10.9. The van der Waals surface area contributed by atoms with E-state index in [0.29, 0.717) is 6.54 Å². The second-order valence-corrected chi connectivity index (χ2v) is 5.98. The van der Waals surface area contributed by atoms with Crippen molar-refractivity contribution in [3.63, 3.8) is 0 Å². The third-order valence-electron chi connectivity index (χ3n) is 4.72. The summed E-state index contributed by atoms with van der Waals surface area (Å²) in [5.41, 5.74) is -1.27. The summed E-state index contributed by atoms with van der Waals surface area (Å²) < 4.78 is 0. The molecule has 96 valence electrons. The topological polar surface area (TPSA) is 47.3 Å². The maximum Gasteiger partial charge on any atom is 0.0959 e. The average molecular weight is 236 g/mol. The minimum absolute atomic E-state index is 0.488. The average Bonchev–Trinajstić information content (AvgIpc) is 2.55. The first-order valence-electron chi connectivity index (χ1n) is 6.94. The molecule has 1 atom stereocenters. The summed E-state index contributed by atoms with van der Waals surface area (Å²) in [6, 6.07) is 2.51. The molecule has 1 unspecified atom stereocenters. The molecule has 17 heavy (non-hydrogen) atoms. The Labute approximate surface area is 104 Å². The van der Waals surface area contributed by atoms with Crippen LogP contribution in [-0.2, 0) is 0 Å². The Morgan fingerprint density at radius 1 is 1.06 bits per heavy atom. The van der Waals surface area contributed by atoms with Crippen LogP contribution >= 0.6 is 0 Å². The molecular weight excluding hydrogens is 212 g/mol. The maximum absolute atomic E-state index is 11.0. The van der Waals surface area contributed by atoms with Gasteiger partial charge in [-0.2, -0.15) is 5.26 Å². The minimum Gasteiger partial charge on any atom is -0.387 e. The summed E-state index contributed by atoms with van der Waals surface area (Å²) in [7, 11) is 2.05. The summed E-state index contributed by atoms with van der Waals surface area (Å²) in [4.78, 5) is 2.17. The first kappa shape index (κ1) is 12.9. The SMILES string of the molecule is CN1CCCC(O)(C2(C#N)CCCCCC2)C1. The van der Waals surface area contributed by atoms with Gasteiger partial charge in [0, 0.05) is 6.54 Å². The van der Waals surface area contributed by atoms with E-state index in [2.05, 4.69) is 11.0 Å². The quantitative estimate of drug-likeness (QED) is 0.711. The Bertz CT molecular complexity index is 302. The van der Waals surface area contributed by atoms with Crippen molar-refractivity contribution in [2.75, 3.05) is 20.1 Å². The number of likely N-dealkylation sites (N-methyl/N-ethyl adjacent to an activating group) is 1. The van der Waals surface area contributed by atoms with Crippen molar-refractivity contribution >= 4 is 0 Å². The van der Waals surface area contributed by atoms with Crippen LogP contribution in [-0.4, -0.2) is 35.7 Å². The van der Waals surface area contributed by atoms with Gasteiger partial charge in [0.15, 0.2) is 0 Å². The third kappa shape index (κ3) is 2.34. The molecule has 3 heteroatoms. The predicted octanol–water partition coefficient (Wildman–Crippen LogP) is 2.31. The van der Waals surface area contributed by atoms with Crippen molar-refractivity contribution in [3.8, 4) is 6.07 Å². The molecule has 0 radical (unpaired) electrons. The minimum atomic E-state index is -0.779. The monoisotopic (exact) mass is 236 g/mol. The molecule has 0 aromatic rings. The Hall–Kier alpha value is -0.590. The zero-order chi connectivity index (χ0) is 12.4. The highest BCUT2D eigenvalue weighted by Gasteiger charge is 2.51. The molecule has 2 aliphatic rings. The molecule has 1 N–H and O–H groups in total. The van der Waals surface area contributed by atoms with Gasteiger partial charge in [0.05, 0.1) is 17.1 Å². The molecule has 0 aromatic heterocycles. The number of likely N-dealkylation sites (tertiary alicyclic amines) is 1. The Morgan fingerprint density at radius 2 is 1.71 bits per heavy atom. The lowest BCUT2D eigenvalue weighted by Gasteiger charge is -2.47. The number of β-amino-alcohol motifs (C(OH)–C–C–N with tert-alkyl or cyclic N) is 1. The zero-order valence-corrected chi connectivity index (χ0v) is 10.9. The molecule has 0 amide bonds. The predicted molar refractivity (Wildman–Crippen MR) is 67.4 cm³/mol. The van der Waals surface area contributed by atoms with E-state index in [0.717, 1.165) is 45.1 Å². The van der Waals surface area contributed by atoms with Crippen LogP contribution in [0.4, 0.5) is 0 Å². The van der Waals surface area contributed by atoms with Crippen molar-refractivity contribution < 1.29 is 5.11 Å². The van der Waals surface area contributed by atoms with Crippen LogP contribution in [0.5, 0.6) is 0 Å². The smallest absolute Gasteiger partial charge is 0.0959 e. The summed E-state index contributed by atoms with van der Waals surface area (Å²) in [6.07, 6.45) is 8.20. The Morgan fingerprint density at radius 3 is 2.24 bits per heavy atom. The molecule has 2 fully saturated rings. The van der Waals surface area contributed by atoms with E-state index in [9.17, 15) is 10.4 Å². The van der Waals surface area contributed by atoms with Gasteiger partial charge in [0.1, 0.15) is 0 Å². The fourth-order valence-corrected chi connectivity index (χ4v) is 3.65. The molecule has 1 heterocycles. The van der Waals surface area contributed by atoms with Crippen LogP contribution in [0, 0.1) is 16.7 Å². The highest BCUT2D eigenvalue weighted by molar-refractivity contribution is 5.13. The molecule has 1 aliphatic carbocycles. The molecule has 0 bridgehead atoms. The first-order chi connectivity index (χ1) is 8.12. The van der Waals surface area contributed by atoms with Gasteiger partial charge in [-0.3, -0.25) is 0 Å². The number of nitrogens with zero attached hydrogens (tertiary/aromatic N) is 2. The fourth-order valence-electron chi connectivity index (χ4n) is 3.65. The van der Waals surface area contributed by atoms with Crippen molar-refractivity contribution in [2.24, 2.45) is 5.41 Å². The molecular formula is C14H24N2O. The second kappa shape index (κ2) is 4.96. The van der Waals surface area contributed by atoms with Crippen molar-refractivity contribution in [1.82, 2.24) is 4.90 Å². The highest BCUT2D eigenvalue weighted by Crippen LogP contribution is 2.47. The van der Waals surface area contributed by atoms with Gasteiger partial charge >= 0.3 is 0 Å². The maximum atomic E-state index is 11.0. The van der Waals surface area contributed by atoms with Crippen LogP contribution in [0.3, 0.4) is 0 Å². The number of rotatable bonds is 1. The van der Waals surface area contributed by atoms with Gasteiger partial charge in [-0.1, -0.05) is 25.7 Å². The number of aliphatic hydroxyl groups is 1. The number of hydrogen-bond acceptors (Lipinski definition) is 3. The molecule has 0 aromatic carbocycles. The molecule has 2 rings (SSSR count). The first-order valence-corrected chi connectivity index (χ1v) is 6.94. The van der Waals surface area contributed by atoms with Crippen LogP contribution in [0.1, 0.15) is 51.4 Å². The number of piperidine rings is 1. The van der Waals surface area contributed by atoms with E-state index in [1.165, 1.54) is 12.8 Å². The molecule has 1 saturated heterocycles. The van der Waals surface area contributed by atoms with E-state index in [-0.39, 0.29) is 0 Å². The largest absolute Gasteiger partial charge is 0.387 e.